The Kier molecular flexibility index (Phi) is 7.89. The maximum Gasteiger partial charge on any atom is 0.460 e. The summed E-state index contributed by atoms with van der Waals surface area (Å²) in [6.45, 7) is 0.624. The Labute approximate surface area is 178 Å². The molecule has 0 spiro atoms. The van der Waals surface area contributed by atoms with Crippen LogP contribution in [0.2, 0.25) is 0 Å². The molecule has 211 valence electrons. The van der Waals surface area contributed by atoms with Crippen molar-refractivity contribution < 1.29 is 92.2 Å². The minimum absolute atomic E-state index is 0.324. The molecule has 1 radical (unpaired) electrons. The highest BCUT2D eigenvalue weighted by atomic mass is 19.4. The molecular formula is C13H7F21N. The fourth-order valence-corrected chi connectivity index (χ4v) is 1.93. The normalized spacial score (nSPS) is 16.8. The van der Waals surface area contributed by atoms with Gasteiger partial charge in [-0.25, -0.2) is 4.90 Å². The van der Waals surface area contributed by atoms with Crippen molar-refractivity contribution in [2.24, 2.45) is 0 Å². The van der Waals surface area contributed by atoms with Crippen LogP contribution in [0, 0.1) is 6.92 Å². The molecule has 0 amide bonds. The van der Waals surface area contributed by atoms with Crippen molar-refractivity contribution in [3.8, 4) is 0 Å². The summed E-state index contributed by atoms with van der Waals surface area (Å²) in [6.07, 6.45) is -7.99. The first-order valence-corrected chi connectivity index (χ1v) is 7.71. The third kappa shape index (κ3) is 3.95. The Morgan fingerprint density at radius 3 is 0.800 bits per heavy atom. The standard InChI is InChI=1S/C13H7F21N/c1-3-35(2)13(33,34)11(28,29)9(24,25)7(20,21)5(16,17)4(14,15)6(18,19)8(22,23)10(26,27)12(30,31)32/h1,3H2,2H3. The van der Waals surface area contributed by atoms with Gasteiger partial charge in [-0.15, -0.1) is 0 Å². The lowest BCUT2D eigenvalue weighted by atomic mass is 9.87. The van der Waals surface area contributed by atoms with Gasteiger partial charge in [0.2, 0.25) is 0 Å². The van der Waals surface area contributed by atoms with Crippen LogP contribution in [0.25, 0.3) is 0 Å². The van der Waals surface area contributed by atoms with Gasteiger partial charge >= 0.3 is 59.6 Å². The van der Waals surface area contributed by atoms with E-state index in [-0.39, 0.29) is 7.05 Å². The summed E-state index contributed by atoms with van der Waals surface area (Å²) in [7, 11) is -0.324. The number of rotatable bonds is 10. The molecule has 0 N–H and O–H groups in total. The Morgan fingerprint density at radius 2 is 0.600 bits per heavy atom. The fourth-order valence-electron chi connectivity index (χ4n) is 1.93. The summed E-state index contributed by atoms with van der Waals surface area (Å²) in [5.41, 5.74) is 0. The van der Waals surface area contributed by atoms with Crippen LogP contribution in [0.5, 0.6) is 0 Å². The molecule has 0 saturated heterocycles. The minimum Gasteiger partial charge on any atom is -0.242 e. The molecule has 0 aromatic heterocycles. The smallest absolute Gasteiger partial charge is 0.242 e. The molecule has 35 heavy (non-hydrogen) atoms. The largest absolute Gasteiger partial charge is 0.460 e. The first-order valence-electron chi connectivity index (χ1n) is 7.71. The van der Waals surface area contributed by atoms with Gasteiger partial charge in [0, 0.05) is 6.54 Å². The van der Waals surface area contributed by atoms with Crippen LogP contribution in [-0.4, -0.2) is 78.1 Å². The number of alkyl halides is 21. The maximum absolute atomic E-state index is 13.5. The first-order chi connectivity index (χ1) is 14.7. The second-order valence-corrected chi connectivity index (χ2v) is 6.56. The van der Waals surface area contributed by atoms with Gasteiger partial charge in [-0.2, -0.15) is 92.2 Å². The second-order valence-electron chi connectivity index (χ2n) is 6.56. The highest BCUT2D eigenvalue weighted by Crippen LogP contribution is 2.66. The zero-order valence-corrected chi connectivity index (χ0v) is 15.8. The van der Waals surface area contributed by atoms with Gasteiger partial charge in [0.15, 0.2) is 0 Å². The summed E-state index contributed by atoms with van der Waals surface area (Å²) < 4.78 is 275. The average molecular weight is 576 g/mol. The molecule has 0 aliphatic heterocycles. The van der Waals surface area contributed by atoms with Gasteiger partial charge in [-0.3, -0.25) is 0 Å². The summed E-state index contributed by atoms with van der Waals surface area (Å²) in [6, 6.07) is -6.75. The van der Waals surface area contributed by atoms with Crippen molar-refractivity contribution in [2.45, 2.75) is 59.6 Å². The highest BCUT2D eigenvalue weighted by Gasteiger charge is 2.98. The molecule has 0 atom stereocenters. The number of nitrogens with zero attached hydrogens (tertiary/aromatic N) is 1. The average Bonchev–Trinajstić information content (AvgIpc) is 2.64. The number of hydrogen-bond donors (Lipinski definition) is 0. The zero-order chi connectivity index (χ0) is 29.3. The molecule has 0 heterocycles. The summed E-state index contributed by atoms with van der Waals surface area (Å²) in [5, 5.41) is 0. The molecule has 0 unspecified atom stereocenters. The van der Waals surface area contributed by atoms with Crippen molar-refractivity contribution in [3.63, 3.8) is 0 Å². The predicted octanol–water partition coefficient (Wildman–Crippen LogP) is 6.99. The summed E-state index contributed by atoms with van der Waals surface area (Å²) in [5.74, 6) is -70.1. The van der Waals surface area contributed by atoms with Gasteiger partial charge < -0.3 is 0 Å². The van der Waals surface area contributed by atoms with Crippen LogP contribution in [0.15, 0.2) is 0 Å². The van der Waals surface area contributed by atoms with Crippen molar-refractivity contribution in [2.75, 3.05) is 13.6 Å². The summed E-state index contributed by atoms with van der Waals surface area (Å²) in [4.78, 5) is -1.39. The van der Waals surface area contributed by atoms with Gasteiger partial charge in [0.25, 0.3) is 0 Å². The van der Waals surface area contributed by atoms with E-state index in [1.807, 2.05) is 0 Å². The molecule has 0 fully saturated rings. The van der Waals surface area contributed by atoms with Gasteiger partial charge in [0.1, 0.15) is 0 Å². The van der Waals surface area contributed by atoms with E-state index >= 15 is 0 Å². The van der Waals surface area contributed by atoms with Crippen LogP contribution >= 0.6 is 0 Å². The van der Waals surface area contributed by atoms with E-state index < -0.39 is 71.0 Å². The fraction of sp³-hybridized carbons (Fsp3) is 0.923. The summed E-state index contributed by atoms with van der Waals surface area (Å²) >= 11 is 0. The Morgan fingerprint density at radius 1 is 0.400 bits per heavy atom. The lowest BCUT2D eigenvalue weighted by Gasteiger charge is -2.45. The molecule has 0 aliphatic carbocycles. The van der Waals surface area contributed by atoms with Crippen LogP contribution in [0.1, 0.15) is 0 Å². The monoisotopic (exact) mass is 576 g/mol. The third-order valence-corrected chi connectivity index (χ3v) is 4.31. The van der Waals surface area contributed by atoms with Crippen LogP contribution < -0.4 is 0 Å². The van der Waals surface area contributed by atoms with Crippen LogP contribution in [0.4, 0.5) is 92.2 Å². The predicted molar refractivity (Wildman–Crippen MR) is 68.6 cm³/mol. The van der Waals surface area contributed by atoms with Crippen molar-refractivity contribution >= 4 is 0 Å². The lowest BCUT2D eigenvalue weighted by Crippen LogP contribution is -2.77. The van der Waals surface area contributed by atoms with E-state index in [0.717, 1.165) is 0 Å². The Hall–Kier alpha value is -1.51. The van der Waals surface area contributed by atoms with E-state index in [1.165, 1.54) is 0 Å². The van der Waals surface area contributed by atoms with Gasteiger partial charge in [0.05, 0.1) is 0 Å². The molecule has 0 aromatic carbocycles. The van der Waals surface area contributed by atoms with Gasteiger partial charge in [-0.05, 0) is 14.0 Å². The van der Waals surface area contributed by atoms with Gasteiger partial charge in [-0.1, -0.05) is 0 Å². The molecule has 0 rings (SSSR count). The molecule has 22 heteroatoms. The van der Waals surface area contributed by atoms with E-state index in [9.17, 15) is 92.2 Å². The number of halogens is 21. The second kappa shape index (κ2) is 8.25. The Bertz CT molecular complexity index is 762. The van der Waals surface area contributed by atoms with E-state index in [2.05, 4.69) is 6.92 Å². The zero-order valence-electron chi connectivity index (χ0n) is 15.8. The molecule has 0 aromatic rings. The maximum atomic E-state index is 13.5. The van der Waals surface area contributed by atoms with Crippen LogP contribution in [0.3, 0.4) is 0 Å². The molecular weight excluding hydrogens is 569 g/mol. The lowest BCUT2D eigenvalue weighted by molar-refractivity contribution is -0.477. The number of hydrogen-bond acceptors (Lipinski definition) is 1. The molecule has 0 saturated carbocycles. The van der Waals surface area contributed by atoms with Crippen molar-refractivity contribution in [3.05, 3.63) is 6.92 Å². The van der Waals surface area contributed by atoms with E-state index in [1.54, 1.807) is 0 Å². The van der Waals surface area contributed by atoms with E-state index in [0.29, 0.717) is 0 Å². The van der Waals surface area contributed by atoms with Crippen LogP contribution in [-0.2, 0) is 0 Å². The molecule has 0 aliphatic rings. The van der Waals surface area contributed by atoms with Crippen molar-refractivity contribution in [1.29, 1.82) is 0 Å². The SMILES string of the molecule is [CH2]CN(C)C(F)(F)C(F)(F)C(F)(F)C(F)(F)C(F)(F)C(F)(F)C(F)(F)C(F)(F)C(F)(F)C(F)(F)F. The topological polar surface area (TPSA) is 3.24 Å². The molecule has 1 nitrogen and oxygen atoms in total. The minimum atomic E-state index is -9.16. The Balaban J connectivity index is 7.09. The molecule has 0 bridgehead atoms. The highest BCUT2D eigenvalue weighted by molar-refractivity contribution is 5.17. The third-order valence-electron chi connectivity index (χ3n) is 4.31. The quantitative estimate of drug-likeness (QED) is 0.200. The van der Waals surface area contributed by atoms with Crippen molar-refractivity contribution in [1.82, 2.24) is 4.90 Å². The first kappa shape index (κ1) is 33.5. The van der Waals surface area contributed by atoms with E-state index in [4.69, 9.17) is 0 Å².